The Morgan fingerprint density at radius 3 is 2.22 bits per heavy atom. The van der Waals surface area contributed by atoms with Gasteiger partial charge in [-0.15, -0.1) is 0 Å². The summed E-state index contributed by atoms with van der Waals surface area (Å²) in [5.74, 6) is -0.602. The maximum Gasteiger partial charge on any atom is 0.319 e. The third-order valence-corrected chi connectivity index (χ3v) is 2.43. The molecule has 1 aromatic rings. The molecule has 1 aromatic carbocycles. The number of primary amides is 1. The molecule has 5 N–H and O–H groups in total. The molecule has 0 radical (unpaired) electrons. The standard InChI is InChI=1S/C12H17N3O3/c1-7(11(13)17)14-12(18)15-10-5-3-9(4-6-10)8(2)16/h3-8,16H,1-2H3,(H2,13,17)(H2,14,15,18). The normalized spacial score (nSPS) is 13.5. The second kappa shape index (κ2) is 6.02. The summed E-state index contributed by atoms with van der Waals surface area (Å²) in [6, 6.07) is 5.50. The number of nitrogens with two attached hydrogens (primary N) is 1. The van der Waals surface area contributed by atoms with Gasteiger partial charge in [0, 0.05) is 5.69 Å². The molecule has 0 heterocycles. The van der Waals surface area contributed by atoms with E-state index in [0.29, 0.717) is 5.69 Å². The number of hydrogen-bond acceptors (Lipinski definition) is 3. The zero-order chi connectivity index (χ0) is 13.7. The van der Waals surface area contributed by atoms with Crippen LogP contribution in [-0.4, -0.2) is 23.1 Å². The van der Waals surface area contributed by atoms with Gasteiger partial charge in [-0.05, 0) is 31.5 Å². The quantitative estimate of drug-likeness (QED) is 0.634. The van der Waals surface area contributed by atoms with Gasteiger partial charge in [-0.2, -0.15) is 0 Å². The van der Waals surface area contributed by atoms with E-state index in [1.807, 2.05) is 0 Å². The van der Waals surface area contributed by atoms with E-state index in [1.54, 1.807) is 31.2 Å². The SMILES string of the molecule is CC(NC(=O)Nc1ccc(C(C)O)cc1)C(N)=O. The van der Waals surface area contributed by atoms with Crippen molar-refractivity contribution in [3.63, 3.8) is 0 Å². The van der Waals surface area contributed by atoms with Gasteiger partial charge in [0.05, 0.1) is 6.10 Å². The topological polar surface area (TPSA) is 104 Å². The number of carbonyl (C=O) groups is 2. The summed E-state index contributed by atoms with van der Waals surface area (Å²) in [7, 11) is 0. The van der Waals surface area contributed by atoms with Gasteiger partial charge >= 0.3 is 6.03 Å². The van der Waals surface area contributed by atoms with Crippen LogP contribution in [0.15, 0.2) is 24.3 Å². The molecule has 6 heteroatoms. The van der Waals surface area contributed by atoms with Crippen LogP contribution in [0, 0.1) is 0 Å². The van der Waals surface area contributed by atoms with E-state index in [1.165, 1.54) is 6.92 Å². The lowest BCUT2D eigenvalue weighted by Gasteiger charge is -2.12. The Balaban J connectivity index is 2.57. The Morgan fingerprint density at radius 2 is 1.78 bits per heavy atom. The largest absolute Gasteiger partial charge is 0.389 e. The number of hydrogen-bond donors (Lipinski definition) is 4. The molecule has 0 saturated heterocycles. The van der Waals surface area contributed by atoms with Gasteiger partial charge < -0.3 is 21.5 Å². The molecule has 1 rings (SSSR count). The van der Waals surface area contributed by atoms with Crippen molar-refractivity contribution in [1.29, 1.82) is 0 Å². The van der Waals surface area contributed by atoms with E-state index in [2.05, 4.69) is 10.6 Å². The van der Waals surface area contributed by atoms with Crippen LogP contribution in [0.4, 0.5) is 10.5 Å². The van der Waals surface area contributed by atoms with Crippen LogP contribution in [0.2, 0.25) is 0 Å². The van der Waals surface area contributed by atoms with Gasteiger partial charge in [0.1, 0.15) is 6.04 Å². The van der Waals surface area contributed by atoms with Crippen LogP contribution in [0.1, 0.15) is 25.5 Å². The highest BCUT2D eigenvalue weighted by molar-refractivity contribution is 5.93. The van der Waals surface area contributed by atoms with Gasteiger partial charge in [0.2, 0.25) is 5.91 Å². The number of rotatable bonds is 4. The minimum atomic E-state index is -0.735. The molecule has 2 unspecified atom stereocenters. The van der Waals surface area contributed by atoms with Crippen molar-refractivity contribution >= 4 is 17.6 Å². The summed E-state index contributed by atoms with van der Waals surface area (Å²) >= 11 is 0. The van der Waals surface area contributed by atoms with Gasteiger partial charge in [0.15, 0.2) is 0 Å². The molecule has 0 aromatic heterocycles. The van der Waals surface area contributed by atoms with Gasteiger partial charge in [0.25, 0.3) is 0 Å². The first-order valence-corrected chi connectivity index (χ1v) is 5.55. The van der Waals surface area contributed by atoms with Crippen LogP contribution in [-0.2, 0) is 4.79 Å². The highest BCUT2D eigenvalue weighted by atomic mass is 16.3. The molecule has 0 bridgehead atoms. The highest BCUT2D eigenvalue weighted by Gasteiger charge is 2.11. The fraction of sp³-hybridized carbons (Fsp3) is 0.333. The molecule has 3 amide bonds. The summed E-state index contributed by atoms with van der Waals surface area (Å²) in [5.41, 5.74) is 6.34. The molecule has 98 valence electrons. The second-order valence-corrected chi connectivity index (χ2v) is 4.02. The van der Waals surface area contributed by atoms with E-state index in [-0.39, 0.29) is 0 Å². The van der Waals surface area contributed by atoms with Crippen molar-refractivity contribution in [3.8, 4) is 0 Å². The molecule has 0 aliphatic heterocycles. The molecule has 0 aliphatic rings. The number of nitrogens with one attached hydrogen (secondary N) is 2. The Bertz CT molecular complexity index is 429. The van der Waals surface area contributed by atoms with E-state index in [0.717, 1.165) is 5.56 Å². The van der Waals surface area contributed by atoms with E-state index in [9.17, 15) is 14.7 Å². The first-order chi connectivity index (χ1) is 8.40. The first-order valence-electron chi connectivity index (χ1n) is 5.55. The third kappa shape index (κ3) is 4.06. The van der Waals surface area contributed by atoms with Crippen molar-refractivity contribution in [2.45, 2.75) is 26.0 Å². The molecule has 18 heavy (non-hydrogen) atoms. The lowest BCUT2D eigenvalue weighted by atomic mass is 10.1. The van der Waals surface area contributed by atoms with Crippen molar-refractivity contribution in [2.75, 3.05) is 5.32 Å². The number of anilines is 1. The van der Waals surface area contributed by atoms with Crippen molar-refractivity contribution in [3.05, 3.63) is 29.8 Å². The second-order valence-electron chi connectivity index (χ2n) is 4.02. The fourth-order valence-corrected chi connectivity index (χ4v) is 1.28. The Hall–Kier alpha value is -2.08. The lowest BCUT2D eigenvalue weighted by molar-refractivity contribution is -0.119. The van der Waals surface area contributed by atoms with Gasteiger partial charge in [-0.1, -0.05) is 12.1 Å². The number of aliphatic hydroxyl groups is 1. The van der Waals surface area contributed by atoms with E-state index in [4.69, 9.17) is 5.73 Å². The maximum atomic E-state index is 11.5. The molecule has 6 nitrogen and oxygen atoms in total. The third-order valence-electron chi connectivity index (χ3n) is 2.43. The summed E-state index contributed by atoms with van der Waals surface area (Å²) < 4.78 is 0. The van der Waals surface area contributed by atoms with Crippen LogP contribution in [0.3, 0.4) is 0 Å². The lowest BCUT2D eigenvalue weighted by Crippen LogP contribution is -2.44. The van der Waals surface area contributed by atoms with E-state index < -0.39 is 24.1 Å². The van der Waals surface area contributed by atoms with Crippen LogP contribution in [0.25, 0.3) is 0 Å². The smallest absolute Gasteiger partial charge is 0.319 e. The average molecular weight is 251 g/mol. The monoisotopic (exact) mass is 251 g/mol. The predicted molar refractivity (Wildman–Crippen MR) is 67.9 cm³/mol. The van der Waals surface area contributed by atoms with E-state index >= 15 is 0 Å². The molecule has 0 aliphatic carbocycles. The Kier molecular flexibility index (Phi) is 4.67. The van der Waals surface area contributed by atoms with Crippen LogP contribution < -0.4 is 16.4 Å². The molecular formula is C12H17N3O3. The number of urea groups is 1. The maximum absolute atomic E-state index is 11.5. The van der Waals surface area contributed by atoms with Gasteiger partial charge in [-0.3, -0.25) is 4.79 Å². The summed E-state index contributed by atoms with van der Waals surface area (Å²) in [6.45, 7) is 3.15. The molecule has 0 spiro atoms. The zero-order valence-corrected chi connectivity index (χ0v) is 10.3. The Morgan fingerprint density at radius 1 is 1.22 bits per heavy atom. The zero-order valence-electron chi connectivity index (χ0n) is 10.3. The molecule has 0 saturated carbocycles. The first kappa shape index (κ1) is 14.0. The number of benzene rings is 1. The minimum Gasteiger partial charge on any atom is -0.389 e. The van der Waals surface area contributed by atoms with Crippen LogP contribution in [0.5, 0.6) is 0 Å². The fourth-order valence-electron chi connectivity index (χ4n) is 1.28. The molecule has 2 atom stereocenters. The number of amides is 3. The number of carbonyl (C=O) groups excluding carboxylic acids is 2. The summed E-state index contributed by atoms with van der Waals surface area (Å²) in [5, 5.41) is 14.3. The average Bonchev–Trinajstić information content (AvgIpc) is 2.29. The van der Waals surface area contributed by atoms with Crippen LogP contribution >= 0.6 is 0 Å². The van der Waals surface area contributed by atoms with Crippen molar-refractivity contribution in [2.24, 2.45) is 5.73 Å². The summed E-state index contributed by atoms with van der Waals surface area (Å²) in [4.78, 5) is 22.2. The van der Waals surface area contributed by atoms with Crippen molar-refractivity contribution < 1.29 is 14.7 Å². The molecular weight excluding hydrogens is 234 g/mol. The van der Waals surface area contributed by atoms with Gasteiger partial charge in [-0.25, -0.2) is 4.79 Å². The molecule has 0 fully saturated rings. The Labute approximate surface area is 105 Å². The van der Waals surface area contributed by atoms with Crippen molar-refractivity contribution in [1.82, 2.24) is 5.32 Å². The summed E-state index contributed by atoms with van der Waals surface area (Å²) in [6.07, 6.45) is -0.553. The number of aliphatic hydroxyl groups excluding tert-OH is 1. The highest BCUT2D eigenvalue weighted by Crippen LogP contribution is 2.15. The minimum absolute atomic E-state index is 0.508. The predicted octanol–water partition coefficient (Wildman–Crippen LogP) is 0.735.